The molecule has 2 amide bonds. The highest BCUT2D eigenvalue weighted by Crippen LogP contribution is 2.33. The molecule has 0 saturated heterocycles. The van der Waals surface area contributed by atoms with E-state index in [9.17, 15) is 4.79 Å². The molecular formula is C13H19ClN2O4. The van der Waals surface area contributed by atoms with Crippen molar-refractivity contribution >= 4 is 23.3 Å². The summed E-state index contributed by atoms with van der Waals surface area (Å²) in [5.74, 6) is 0.400. The summed E-state index contributed by atoms with van der Waals surface area (Å²) in [4.78, 5) is 13.2. The van der Waals surface area contributed by atoms with Crippen molar-refractivity contribution in [3.63, 3.8) is 0 Å². The lowest BCUT2D eigenvalue weighted by atomic mass is 10.3. The van der Waals surface area contributed by atoms with Gasteiger partial charge < -0.3 is 24.8 Å². The van der Waals surface area contributed by atoms with Crippen molar-refractivity contribution < 1.29 is 19.4 Å². The lowest BCUT2D eigenvalue weighted by Gasteiger charge is -2.19. The Balaban J connectivity index is 2.78. The highest BCUT2D eigenvalue weighted by Gasteiger charge is 2.13. The lowest BCUT2D eigenvalue weighted by molar-refractivity contribution is 0.146. The van der Waals surface area contributed by atoms with Crippen LogP contribution in [0, 0.1) is 0 Å². The highest BCUT2D eigenvalue weighted by atomic mass is 35.5. The van der Waals surface area contributed by atoms with Crippen molar-refractivity contribution in [2.75, 3.05) is 45.8 Å². The van der Waals surface area contributed by atoms with Crippen LogP contribution in [0.5, 0.6) is 5.75 Å². The van der Waals surface area contributed by atoms with E-state index in [-0.39, 0.29) is 19.2 Å². The number of hydrogen-bond donors (Lipinski definition) is 2. The van der Waals surface area contributed by atoms with E-state index in [4.69, 9.17) is 26.2 Å². The number of hydrogen-bond acceptors (Lipinski definition) is 4. The van der Waals surface area contributed by atoms with Crippen LogP contribution < -0.4 is 10.1 Å². The van der Waals surface area contributed by atoms with Gasteiger partial charge in [0.2, 0.25) is 0 Å². The molecule has 1 rings (SSSR count). The van der Waals surface area contributed by atoms with Crippen LogP contribution in [0.25, 0.3) is 0 Å². The Bertz CT molecular complexity index is 442. The number of urea groups is 1. The number of ether oxygens (including phenoxy) is 2. The minimum Gasteiger partial charge on any atom is -0.487 e. The van der Waals surface area contributed by atoms with Crippen LogP contribution in [-0.4, -0.2) is 56.6 Å². The summed E-state index contributed by atoms with van der Waals surface area (Å²) in [7, 11) is 3.16. The van der Waals surface area contributed by atoms with E-state index < -0.39 is 0 Å². The number of nitrogens with one attached hydrogen (secondary N) is 1. The molecular weight excluding hydrogens is 284 g/mol. The number of nitrogens with zero attached hydrogens (tertiary/aromatic N) is 1. The number of likely N-dealkylation sites (N-methyl/N-ethyl adjacent to an activating group) is 1. The zero-order chi connectivity index (χ0) is 15.0. The van der Waals surface area contributed by atoms with Crippen LogP contribution >= 0.6 is 11.6 Å². The van der Waals surface area contributed by atoms with Crippen LogP contribution in [0.1, 0.15) is 0 Å². The van der Waals surface area contributed by atoms with E-state index in [1.165, 1.54) is 4.90 Å². The van der Waals surface area contributed by atoms with E-state index in [2.05, 4.69) is 5.32 Å². The number of aliphatic hydroxyl groups is 1. The number of benzene rings is 1. The molecule has 0 bridgehead atoms. The molecule has 0 fully saturated rings. The average Bonchev–Trinajstić information content (AvgIpc) is 2.42. The predicted molar refractivity (Wildman–Crippen MR) is 77.6 cm³/mol. The molecule has 1 aromatic rings. The fourth-order valence-electron chi connectivity index (χ4n) is 1.44. The van der Waals surface area contributed by atoms with Crippen LogP contribution in [0.2, 0.25) is 5.02 Å². The van der Waals surface area contributed by atoms with Gasteiger partial charge in [0.25, 0.3) is 0 Å². The van der Waals surface area contributed by atoms with Gasteiger partial charge in [-0.1, -0.05) is 17.7 Å². The maximum absolute atomic E-state index is 11.9. The fraction of sp³-hybridized carbons (Fsp3) is 0.462. The predicted octanol–water partition coefficient (Wildman–Crippen LogP) is 1.82. The third-order valence-electron chi connectivity index (χ3n) is 2.52. The van der Waals surface area contributed by atoms with Gasteiger partial charge in [-0.3, -0.25) is 0 Å². The van der Waals surface area contributed by atoms with Gasteiger partial charge in [-0.05, 0) is 12.1 Å². The number of para-hydroxylation sites is 1. The molecule has 0 aliphatic heterocycles. The maximum atomic E-state index is 11.9. The van der Waals surface area contributed by atoms with Crippen LogP contribution in [-0.2, 0) is 4.74 Å². The second kappa shape index (κ2) is 8.63. The Kier molecular flexibility index (Phi) is 7.14. The van der Waals surface area contributed by atoms with Crippen molar-refractivity contribution in [2.45, 2.75) is 0 Å². The van der Waals surface area contributed by atoms with E-state index >= 15 is 0 Å². The summed E-state index contributed by atoms with van der Waals surface area (Å²) in [5.41, 5.74) is 0.475. The Hall–Kier alpha value is -1.50. The first-order valence-electron chi connectivity index (χ1n) is 6.13. The first-order chi connectivity index (χ1) is 9.60. The van der Waals surface area contributed by atoms with Gasteiger partial charge in [-0.15, -0.1) is 0 Å². The van der Waals surface area contributed by atoms with Gasteiger partial charge in [0.1, 0.15) is 6.61 Å². The number of amides is 2. The summed E-state index contributed by atoms with van der Waals surface area (Å²) in [6.45, 7) is 0.890. The third-order valence-corrected chi connectivity index (χ3v) is 2.82. The van der Waals surface area contributed by atoms with Crippen LogP contribution in [0.15, 0.2) is 18.2 Å². The number of aliphatic hydroxyl groups excluding tert-OH is 1. The van der Waals surface area contributed by atoms with Crippen molar-refractivity contribution in [2.24, 2.45) is 0 Å². The Labute approximate surface area is 123 Å². The zero-order valence-electron chi connectivity index (χ0n) is 11.6. The molecule has 0 unspecified atom stereocenters. The van der Waals surface area contributed by atoms with Gasteiger partial charge in [-0.25, -0.2) is 4.79 Å². The first-order valence-corrected chi connectivity index (χ1v) is 6.51. The fourth-order valence-corrected chi connectivity index (χ4v) is 1.67. The molecule has 6 nitrogen and oxygen atoms in total. The standard InChI is InChI=1S/C13H19ClN2O4/c1-16(6-7-17)13(18)15-11-5-3-4-10(14)12(11)20-9-8-19-2/h3-5,17H,6-9H2,1-2H3,(H,15,18). The minimum atomic E-state index is -0.349. The van der Waals surface area contributed by atoms with E-state index in [1.807, 2.05) is 0 Å². The molecule has 0 atom stereocenters. The smallest absolute Gasteiger partial charge is 0.321 e. The summed E-state index contributed by atoms with van der Waals surface area (Å²) in [5, 5.41) is 11.9. The van der Waals surface area contributed by atoms with Gasteiger partial charge in [0.05, 0.1) is 23.9 Å². The maximum Gasteiger partial charge on any atom is 0.321 e. The SMILES string of the molecule is COCCOc1c(Cl)cccc1NC(=O)N(C)CCO. The molecule has 0 aliphatic rings. The van der Waals surface area contributed by atoms with Crippen molar-refractivity contribution in [1.29, 1.82) is 0 Å². The molecule has 0 spiro atoms. The van der Waals surface area contributed by atoms with Gasteiger partial charge in [-0.2, -0.15) is 0 Å². The van der Waals surface area contributed by atoms with E-state index in [0.29, 0.717) is 29.7 Å². The molecule has 0 aliphatic carbocycles. The number of methoxy groups -OCH3 is 1. The van der Waals surface area contributed by atoms with Gasteiger partial charge in [0.15, 0.2) is 5.75 Å². The quantitative estimate of drug-likeness (QED) is 0.754. The van der Waals surface area contributed by atoms with Crippen LogP contribution in [0.4, 0.5) is 10.5 Å². The second-order valence-electron chi connectivity index (χ2n) is 4.03. The lowest BCUT2D eigenvalue weighted by Crippen LogP contribution is -2.33. The number of carbonyl (C=O) groups is 1. The second-order valence-corrected chi connectivity index (χ2v) is 4.44. The Morgan fingerprint density at radius 3 is 2.85 bits per heavy atom. The highest BCUT2D eigenvalue weighted by molar-refractivity contribution is 6.32. The van der Waals surface area contributed by atoms with Crippen LogP contribution in [0.3, 0.4) is 0 Å². The molecule has 0 aromatic heterocycles. The third kappa shape index (κ3) is 4.88. The molecule has 20 heavy (non-hydrogen) atoms. The molecule has 0 radical (unpaired) electrons. The number of halogens is 1. The number of anilines is 1. The van der Waals surface area contributed by atoms with E-state index in [1.54, 1.807) is 32.4 Å². The summed E-state index contributed by atoms with van der Waals surface area (Å²) < 4.78 is 10.4. The van der Waals surface area contributed by atoms with E-state index in [0.717, 1.165) is 0 Å². The van der Waals surface area contributed by atoms with Gasteiger partial charge >= 0.3 is 6.03 Å². The molecule has 0 saturated carbocycles. The molecule has 2 N–H and O–H groups in total. The first kappa shape index (κ1) is 16.6. The van der Waals surface area contributed by atoms with Crippen molar-refractivity contribution in [3.05, 3.63) is 23.2 Å². The Morgan fingerprint density at radius 1 is 1.45 bits per heavy atom. The summed E-state index contributed by atoms with van der Waals surface area (Å²) >= 11 is 6.06. The molecule has 7 heteroatoms. The monoisotopic (exact) mass is 302 g/mol. The largest absolute Gasteiger partial charge is 0.487 e. The molecule has 112 valence electrons. The molecule has 0 heterocycles. The topological polar surface area (TPSA) is 71.0 Å². The van der Waals surface area contributed by atoms with Gasteiger partial charge in [0, 0.05) is 20.7 Å². The zero-order valence-corrected chi connectivity index (χ0v) is 12.3. The summed E-state index contributed by atoms with van der Waals surface area (Å²) in [6.07, 6.45) is 0. The average molecular weight is 303 g/mol. The Morgan fingerprint density at radius 2 is 2.20 bits per heavy atom. The number of rotatable bonds is 7. The normalized spacial score (nSPS) is 10.2. The molecule has 1 aromatic carbocycles. The van der Waals surface area contributed by atoms with Crippen molar-refractivity contribution in [1.82, 2.24) is 4.90 Å². The summed E-state index contributed by atoms with van der Waals surface area (Å²) in [6, 6.07) is 4.74. The minimum absolute atomic E-state index is 0.101. The number of carbonyl (C=O) groups excluding carboxylic acids is 1. The van der Waals surface area contributed by atoms with Crippen molar-refractivity contribution in [3.8, 4) is 5.75 Å².